The fourth-order valence-corrected chi connectivity index (χ4v) is 4.88. The summed E-state index contributed by atoms with van der Waals surface area (Å²) in [5.74, 6) is -1.08. The quantitative estimate of drug-likeness (QED) is 0.0191. The first-order chi connectivity index (χ1) is 26.7. The predicted octanol–water partition coefficient (Wildman–Crippen LogP) is 11.1. The van der Waals surface area contributed by atoms with E-state index < -0.39 is 32.5 Å². The smallest absolute Gasteiger partial charge is 0.462 e. The molecule has 0 aromatic carbocycles. The van der Waals surface area contributed by atoms with Crippen molar-refractivity contribution in [2.45, 2.75) is 135 Å². The van der Waals surface area contributed by atoms with Crippen LogP contribution in [0.25, 0.3) is 0 Å². The zero-order valence-corrected chi connectivity index (χ0v) is 34.3. The van der Waals surface area contributed by atoms with E-state index in [0.29, 0.717) is 25.7 Å². The molecule has 0 saturated carbocycles. The lowest BCUT2D eigenvalue weighted by molar-refractivity contribution is -0.161. The second-order valence-corrected chi connectivity index (χ2v) is 14.0. The van der Waals surface area contributed by atoms with Crippen molar-refractivity contribution in [3.63, 3.8) is 0 Å². The third kappa shape index (κ3) is 41.4. The molecule has 3 N–H and O–H groups in total. The van der Waals surface area contributed by atoms with Gasteiger partial charge in [0.1, 0.15) is 6.61 Å². The maximum Gasteiger partial charge on any atom is 0.469 e. The molecule has 0 spiro atoms. The van der Waals surface area contributed by atoms with E-state index in [9.17, 15) is 19.3 Å². The molecule has 0 amide bonds. The lowest BCUT2D eigenvalue weighted by Gasteiger charge is -2.18. The van der Waals surface area contributed by atoms with Gasteiger partial charge in [0.2, 0.25) is 0 Å². The molecule has 2 atom stereocenters. The van der Waals surface area contributed by atoms with Gasteiger partial charge in [0.25, 0.3) is 0 Å². The van der Waals surface area contributed by atoms with Crippen LogP contribution in [-0.4, -0.2) is 52.3 Å². The highest BCUT2D eigenvalue weighted by Gasteiger charge is 2.22. The fraction of sp³-hybridized carbons (Fsp3) is 0.511. The van der Waals surface area contributed by atoms with Crippen molar-refractivity contribution in [3.8, 4) is 0 Å². The Morgan fingerprint density at radius 2 is 1.04 bits per heavy atom. The Morgan fingerprint density at radius 3 is 1.53 bits per heavy atom. The molecule has 0 rings (SSSR count). The van der Waals surface area contributed by atoms with Gasteiger partial charge in [0, 0.05) is 12.8 Å². The lowest BCUT2D eigenvalue weighted by Crippen LogP contribution is -2.29. The maximum absolute atomic E-state index is 12.4. The lowest BCUT2D eigenvalue weighted by atomic mass is 10.2. The number of allylic oxidation sites excluding steroid dienone is 19. The minimum Gasteiger partial charge on any atom is -0.462 e. The van der Waals surface area contributed by atoms with Crippen LogP contribution in [-0.2, 0) is 28.2 Å². The third-order valence-electron chi connectivity index (χ3n) is 7.64. The number of hydrogen-bond donors (Lipinski definition) is 3. The largest absolute Gasteiger partial charge is 0.469 e. The van der Waals surface area contributed by atoms with E-state index in [4.69, 9.17) is 19.3 Å². The first-order valence-corrected chi connectivity index (χ1v) is 21.5. The first-order valence-electron chi connectivity index (χ1n) is 19.9. The molecule has 0 radical (unpaired) electrons. The van der Waals surface area contributed by atoms with Crippen molar-refractivity contribution in [1.29, 1.82) is 0 Å². The zero-order chi connectivity index (χ0) is 40.5. The summed E-state index contributed by atoms with van der Waals surface area (Å²) in [6, 6.07) is 0. The molecule has 0 heterocycles. The summed E-state index contributed by atoms with van der Waals surface area (Å²) in [5, 5.41) is 9.45. The monoisotopic (exact) mass is 784 g/mol. The Balaban J connectivity index is 4.23. The molecule has 308 valence electrons. The molecule has 0 aromatic heterocycles. The topological polar surface area (TPSA) is 140 Å². The van der Waals surface area contributed by atoms with Crippen LogP contribution in [0.3, 0.4) is 0 Å². The molecule has 55 heavy (non-hydrogen) atoms. The van der Waals surface area contributed by atoms with Crippen LogP contribution in [0.1, 0.15) is 123 Å². The number of hydrogen-bond acceptors (Lipinski definition) is 7. The summed E-state index contributed by atoms with van der Waals surface area (Å²) in [6.45, 7) is 3.19. The Bertz CT molecular complexity index is 1310. The van der Waals surface area contributed by atoms with Gasteiger partial charge in [-0.1, -0.05) is 148 Å². The number of rotatable bonds is 34. The van der Waals surface area contributed by atoms with Gasteiger partial charge in [0.05, 0.1) is 12.7 Å². The molecule has 10 heteroatoms. The standard InChI is InChI=1S/C45H69O9P/c1-3-5-6-7-8-9-10-11-12-13-14-15-16-21-24-27-30-33-36-39-45(48)54-43(41-53-55(49,50)51)40-52-44(47)38-35-32-29-26-23-20-18-17-19-22-25-28-31-34-37-42(46)4-2/h8-9,11-12,14-15,18-22,24,26,28-31,33-34,37,42-43,46H,3-7,10,13,16-17,23,25,27,32,35-36,38-41H2,1-2H3,(H2,49,50,51)/b9-8-,12-11-,15-14-,20-18-,22-19-,24-21-,29-26-,31-28-,33-30-,37-34+/t42-,43+/m0/s1. The van der Waals surface area contributed by atoms with E-state index in [1.807, 2.05) is 49.5 Å². The van der Waals surface area contributed by atoms with Gasteiger partial charge < -0.3 is 24.4 Å². The second-order valence-electron chi connectivity index (χ2n) is 12.7. The van der Waals surface area contributed by atoms with Gasteiger partial charge in [-0.3, -0.25) is 14.1 Å². The third-order valence-corrected chi connectivity index (χ3v) is 8.12. The number of esters is 2. The number of unbranched alkanes of at least 4 members (excludes halogenated alkanes) is 4. The van der Waals surface area contributed by atoms with Gasteiger partial charge in [0.15, 0.2) is 6.10 Å². The number of aliphatic hydroxyl groups is 1. The number of phosphoric acid groups is 1. The van der Waals surface area contributed by atoms with Crippen LogP contribution in [0.4, 0.5) is 0 Å². The highest BCUT2D eigenvalue weighted by Crippen LogP contribution is 2.35. The average Bonchev–Trinajstić information content (AvgIpc) is 3.16. The number of ether oxygens (including phenoxy) is 2. The average molecular weight is 785 g/mol. The molecule has 0 unspecified atom stereocenters. The number of aliphatic hydroxyl groups excluding tert-OH is 1. The van der Waals surface area contributed by atoms with Crippen LogP contribution in [0.2, 0.25) is 0 Å². The summed E-state index contributed by atoms with van der Waals surface area (Å²) in [4.78, 5) is 42.7. The van der Waals surface area contributed by atoms with Crippen molar-refractivity contribution in [1.82, 2.24) is 0 Å². The molecule has 0 aliphatic heterocycles. The van der Waals surface area contributed by atoms with E-state index >= 15 is 0 Å². The van der Waals surface area contributed by atoms with Crippen molar-refractivity contribution in [2.24, 2.45) is 0 Å². The van der Waals surface area contributed by atoms with Crippen molar-refractivity contribution in [2.75, 3.05) is 13.2 Å². The van der Waals surface area contributed by atoms with Crippen LogP contribution < -0.4 is 0 Å². The first kappa shape index (κ1) is 51.4. The molecule has 0 fully saturated rings. The van der Waals surface area contributed by atoms with E-state index in [1.165, 1.54) is 25.7 Å². The molecule has 0 aromatic rings. The Kier molecular flexibility index (Phi) is 36.2. The Labute approximate surface area is 331 Å². The number of phosphoric ester groups is 1. The van der Waals surface area contributed by atoms with Gasteiger partial charge in [-0.2, -0.15) is 0 Å². The minimum atomic E-state index is -4.80. The highest BCUT2D eigenvalue weighted by atomic mass is 31.2. The van der Waals surface area contributed by atoms with Crippen LogP contribution in [0.5, 0.6) is 0 Å². The van der Waals surface area contributed by atoms with Gasteiger partial charge in [-0.25, -0.2) is 4.57 Å². The van der Waals surface area contributed by atoms with Crippen molar-refractivity contribution in [3.05, 3.63) is 122 Å². The van der Waals surface area contributed by atoms with Gasteiger partial charge in [-0.15, -0.1) is 0 Å². The van der Waals surface area contributed by atoms with E-state index in [2.05, 4.69) is 84.4 Å². The van der Waals surface area contributed by atoms with Crippen molar-refractivity contribution >= 4 is 19.8 Å². The molecule has 0 bridgehead atoms. The summed E-state index contributed by atoms with van der Waals surface area (Å²) in [7, 11) is -4.80. The van der Waals surface area contributed by atoms with Crippen LogP contribution in [0, 0.1) is 0 Å². The van der Waals surface area contributed by atoms with Gasteiger partial charge in [-0.05, 0) is 83.5 Å². The fourth-order valence-electron chi connectivity index (χ4n) is 4.52. The highest BCUT2D eigenvalue weighted by molar-refractivity contribution is 7.46. The van der Waals surface area contributed by atoms with Gasteiger partial charge >= 0.3 is 19.8 Å². The van der Waals surface area contributed by atoms with E-state index in [-0.39, 0.29) is 25.6 Å². The molecule has 0 aliphatic rings. The number of carbonyl (C=O) groups is 2. The van der Waals surface area contributed by atoms with E-state index in [0.717, 1.165) is 44.9 Å². The van der Waals surface area contributed by atoms with Crippen molar-refractivity contribution < 1.29 is 43.0 Å². The summed E-state index contributed by atoms with van der Waals surface area (Å²) >= 11 is 0. The number of carbonyl (C=O) groups excluding carboxylic acids is 2. The molecular weight excluding hydrogens is 715 g/mol. The Morgan fingerprint density at radius 1 is 0.564 bits per heavy atom. The van der Waals surface area contributed by atoms with Crippen LogP contribution >= 0.6 is 7.82 Å². The molecule has 0 saturated heterocycles. The SMILES string of the molecule is CCCCC/C=C\C/C=C\C/C=C\C/C=C\C/C=C\CCC(=O)O[C@H](COC(=O)CCC/C=C\C/C=C\C/C=C\C/C=C\C=C\[C@@H](O)CC)COP(=O)(O)O. The summed E-state index contributed by atoms with van der Waals surface area (Å²) < 4.78 is 26.2. The minimum absolute atomic E-state index is 0.0611. The Hall–Kier alpha value is -3.59. The maximum atomic E-state index is 12.4. The summed E-state index contributed by atoms with van der Waals surface area (Å²) in [5.41, 5.74) is 0. The van der Waals surface area contributed by atoms with E-state index in [1.54, 1.807) is 6.08 Å². The second kappa shape index (κ2) is 38.7. The molecule has 0 aliphatic carbocycles. The summed E-state index contributed by atoms with van der Waals surface area (Å²) in [6.07, 6.45) is 53.1. The normalized spacial score (nSPS) is 14.3. The molecular formula is C45H69O9P. The zero-order valence-electron chi connectivity index (χ0n) is 33.4. The van der Waals surface area contributed by atoms with Crippen LogP contribution in [0.15, 0.2) is 122 Å². The predicted molar refractivity (Wildman–Crippen MR) is 226 cm³/mol. The molecule has 9 nitrogen and oxygen atoms in total.